The van der Waals surface area contributed by atoms with Crippen LogP contribution in [0.15, 0.2) is 41.8 Å². The standard InChI is InChI=1S/C21H27N3OS/c1-2-19-18-9-15-26-20(18)8-10-24(19)16-21(25)23-13-11-22(12-14-23)17-6-4-3-5-7-17/h3-7,9,15,19H,2,8,10-14,16H2,1H3/t19-/m1/s1. The van der Waals surface area contributed by atoms with E-state index in [1.54, 1.807) is 0 Å². The Morgan fingerprint density at radius 3 is 2.58 bits per heavy atom. The summed E-state index contributed by atoms with van der Waals surface area (Å²) in [6, 6.07) is 13.2. The summed E-state index contributed by atoms with van der Waals surface area (Å²) in [5.74, 6) is 0.287. The molecular formula is C21H27N3OS. The van der Waals surface area contributed by atoms with E-state index in [9.17, 15) is 4.79 Å². The van der Waals surface area contributed by atoms with Crippen molar-refractivity contribution in [2.75, 3.05) is 44.2 Å². The van der Waals surface area contributed by atoms with Crippen molar-refractivity contribution < 1.29 is 4.79 Å². The summed E-state index contributed by atoms with van der Waals surface area (Å²) in [6.45, 7) is 7.27. The first-order valence-corrected chi connectivity index (χ1v) is 10.5. The normalized spacial score (nSPS) is 20.9. The van der Waals surface area contributed by atoms with Crippen molar-refractivity contribution in [3.05, 3.63) is 52.2 Å². The van der Waals surface area contributed by atoms with Gasteiger partial charge in [0.25, 0.3) is 0 Å². The molecule has 1 aromatic heterocycles. The predicted molar refractivity (Wildman–Crippen MR) is 108 cm³/mol. The lowest BCUT2D eigenvalue weighted by Crippen LogP contribution is -2.52. The van der Waals surface area contributed by atoms with Crippen LogP contribution in [0.1, 0.15) is 29.8 Å². The molecule has 2 aliphatic heterocycles. The lowest BCUT2D eigenvalue weighted by atomic mass is 9.98. The minimum atomic E-state index is 0.287. The Morgan fingerprint density at radius 2 is 1.85 bits per heavy atom. The molecule has 1 aromatic carbocycles. The van der Waals surface area contributed by atoms with Crippen LogP contribution in [0.5, 0.6) is 0 Å². The molecule has 0 bridgehead atoms. The third-order valence-electron chi connectivity index (χ3n) is 5.68. The van der Waals surface area contributed by atoms with E-state index in [4.69, 9.17) is 0 Å². The van der Waals surface area contributed by atoms with Gasteiger partial charge >= 0.3 is 0 Å². The van der Waals surface area contributed by atoms with Crippen molar-refractivity contribution >= 4 is 22.9 Å². The molecule has 0 aliphatic carbocycles. The molecule has 3 heterocycles. The highest BCUT2D eigenvalue weighted by Gasteiger charge is 2.30. The maximum absolute atomic E-state index is 12.9. The summed E-state index contributed by atoms with van der Waals surface area (Å²) in [5.41, 5.74) is 2.71. The third kappa shape index (κ3) is 3.51. The van der Waals surface area contributed by atoms with Crippen LogP contribution in [0.4, 0.5) is 5.69 Å². The zero-order chi connectivity index (χ0) is 17.9. The fourth-order valence-corrected chi connectivity index (χ4v) is 5.17. The van der Waals surface area contributed by atoms with Gasteiger partial charge in [-0.3, -0.25) is 9.69 Å². The van der Waals surface area contributed by atoms with Crippen LogP contribution in [0, 0.1) is 0 Å². The Morgan fingerprint density at radius 1 is 1.08 bits per heavy atom. The zero-order valence-electron chi connectivity index (χ0n) is 15.4. The Balaban J connectivity index is 1.34. The molecule has 2 aromatic rings. The van der Waals surface area contributed by atoms with Crippen LogP contribution < -0.4 is 4.90 Å². The van der Waals surface area contributed by atoms with Gasteiger partial charge in [-0.1, -0.05) is 25.1 Å². The number of nitrogens with zero attached hydrogens (tertiary/aromatic N) is 3. The quantitative estimate of drug-likeness (QED) is 0.826. The van der Waals surface area contributed by atoms with Crippen molar-refractivity contribution in [2.24, 2.45) is 0 Å². The molecule has 1 fully saturated rings. The van der Waals surface area contributed by atoms with Gasteiger partial charge in [-0.15, -0.1) is 11.3 Å². The minimum absolute atomic E-state index is 0.287. The van der Waals surface area contributed by atoms with Gasteiger partial charge in [0.1, 0.15) is 0 Å². The fraction of sp³-hybridized carbons (Fsp3) is 0.476. The Labute approximate surface area is 160 Å². The number of carbonyl (C=O) groups is 1. The SMILES string of the molecule is CC[C@@H]1c2ccsc2CCN1CC(=O)N1CCN(c2ccccc2)CC1. The molecule has 4 nitrogen and oxygen atoms in total. The van der Waals surface area contributed by atoms with E-state index < -0.39 is 0 Å². The molecule has 1 amide bonds. The van der Waals surface area contributed by atoms with Gasteiger partial charge in [0.15, 0.2) is 0 Å². The van der Waals surface area contributed by atoms with Crippen LogP contribution in [-0.4, -0.2) is 55.0 Å². The first kappa shape index (κ1) is 17.6. The Bertz CT molecular complexity index is 737. The van der Waals surface area contributed by atoms with Gasteiger partial charge in [0.2, 0.25) is 5.91 Å². The van der Waals surface area contributed by atoms with Crippen LogP contribution >= 0.6 is 11.3 Å². The highest BCUT2D eigenvalue weighted by atomic mass is 32.1. The largest absolute Gasteiger partial charge is 0.368 e. The predicted octanol–water partition coefficient (Wildman–Crippen LogP) is 3.41. The first-order valence-electron chi connectivity index (χ1n) is 9.64. The molecule has 0 saturated carbocycles. The van der Waals surface area contributed by atoms with Gasteiger partial charge < -0.3 is 9.80 Å². The van der Waals surface area contributed by atoms with Gasteiger partial charge in [0, 0.05) is 49.3 Å². The molecule has 5 heteroatoms. The van der Waals surface area contributed by atoms with Crippen molar-refractivity contribution in [1.29, 1.82) is 0 Å². The molecule has 26 heavy (non-hydrogen) atoms. The second-order valence-corrected chi connectivity index (χ2v) is 8.15. The number of fused-ring (bicyclic) bond motifs is 1. The number of piperazine rings is 1. The number of benzene rings is 1. The monoisotopic (exact) mass is 369 g/mol. The Hall–Kier alpha value is -1.85. The van der Waals surface area contributed by atoms with Crippen LogP contribution in [0.3, 0.4) is 0 Å². The number of hydrogen-bond acceptors (Lipinski definition) is 4. The second kappa shape index (κ2) is 7.80. The van der Waals surface area contributed by atoms with Gasteiger partial charge in [-0.25, -0.2) is 0 Å². The number of para-hydroxylation sites is 1. The number of thiophene rings is 1. The summed E-state index contributed by atoms with van der Waals surface area (Å²) in [7, 11) is 0. The third-order valence-corrected chi connectivity index (χ3v) is 6.68. The highest BCUT2D eigenvalue weighted by Crippen LogP contribution is 2.35. The molecule has 0 radical (unpaired) electrons. The van der Waals surface area contributed by atoms with E-state index in [2.05, 4.69) is 57.3 Å². The van der Waals surface area contributed by atoms with Crippen LogP contribution in [0.2, 0.25) is 0 Å². The lowest BCUT2D eigenvalue weighted by Gasteiger charge is -2.39. The lowest BCUT2D eigenvalue weighted by molar-refractivity contribution is -0.133. The van der Waals surface area contributed by atoms with E-state index >= 15 is 0 Å². The average molecular weight is 370 g/mol. The molecule has 4 rings (SSSR count). The molecule has 0 spiro atoms. The van der Waals surface area contributed by atoms with Crippen molar-refractivity contribution in [3.63, 3.8) is 0 Å². The smallest absolute Gasteiger partial charge is 0.236 e. The van der Waals surface area contributed by atoms with Crippen molar-refractivity contribution in [1.82, 2.24) is 9.80 Å². The summed E-state index contributed by atoms with van der Waals surface area (Å²) in [5, 5.41) is 2.20. The molecule has 1 atom stereocenters. The van der Waals surface area contributed by atoms with Gasteiger partial charge in [-0.05, 0) is 42.0 Å². The maximum atomic E-state index is 12.9. The Kier molecular flexibility index (Phi) is 5.27. The number of anilines is 1. The highest BCUT2D eigenvalue weighted by molar-refractivity contribution is 7.10. The fourth-order valence-electron chi connectivity index (χ4n) is 4.24. The maximum Gasteiger partial charge on any atom is 0.236 e. The summed E-state index contributed by atoms with van der Waals surface area (Å²) >= 11 is 1.86. The van der Waals surface area contributed by atoms with E-state index in [1.807, 2.05) is 17.4 Å². The van der Waals surface area contributed by atoms with Gasteiger partial charge in [0.05, 0.1) is 6.54 Å². The molecule has 0 unspecified atom stereocenters. The number of amides is 1. The van der Waals surface area contributed by atoms with Crippen molar-refractivity contribution in [3.8, 4) is 0 Å². The second-order valence-electron chi connectivity index (χ2n) is 7.15. The zero-order valence-corrected chi connectivity index (χ0v) is 16.3. The summed E-state index contributed by atoms with van der Waals surface area (Å²) < 4.78 is 0. The van der Waals surface area contributed by atoms with Crippen LogP contribution in [0.25, 0.3) is 0 Å². The molecular weight excluding hydrogens is 342 g/mol. The molecule has 138 valence electrons. The summed E-state index contributed by atoms with van der Waals surface area (Å²) in [4.78, 5) is 21.2. The van der Waals surface area contributed by atoms with Gasteiger partial charge in [-0.2, -0.15) is 0 Å². The molecule has 0 N–H and O–H groups in total. The topological polar surface area (TPSA) is 26.8 Å². The molecule has 1 saturated heterocycles. The van der Waals surface area contributed by atoms with Crippen LogP contribution in [-0.2, 0) is 11.2 Å². The average Bonchev–Trinajstić information content (AvgIpc) is 3.17. The first-order chi connectivity index (χ1) is 12.8. The summed E-state index contributed by atoms with van der Waals surface area (Å²) in [6.07, 6.45) is 2.15. The minimum Gasteiger partial charge on any atom is -0.368 e. The van der Waals surface area contributed by atoms with E-state index in [0.29, 0.717) is 12.6 Å². The van der Waals surface area contributed by atoms with E-state index in [0.717, 1.165) is 45.6 Å². The van der Waals surface area contributed by atoms with E-state index in [-0.39, 0.29) is 5.91 Å². The van der Waals surface area contributed by atoms with E-state index in [1.165, 1.54) is 16.1 Å². The molecule has 2 aliphatic rings. The number of carbonyl (C=O) groups excluding carboxylic acids is 1. The van der Waals surface area contributed by atoms with Crippen molar-refractivity contribution in [2.45, 2.75) is 25.8 Å². The number of hydrogen-bond donors (Lipinski definition) is 0. The number of rotatable bonds is 4.